The summed E-state index contributed by atoms with van der Waals surface area (Å²) in [7, 11) is -4.60. The molecule has 0 heterocycles. The van der Waals surface area contributed by atoms with Crippen molar-refractivity contribution in [1.29, 1.82) is 0 Å². The van der Waals surface area contributed by atoms with E-state index < -0.39 is 7.82 Å². The quantitative estimate of drug-likeness (QED) is 0.0937. The first kappa shape index (κ1) is 33.6. The fourth-order valence-electron chi connectivity index (χ4n) is 4.03. The minimum atomic E-state index is -4.60. The number of carbonyl (C=O) groups excluding carboxylic acids is 1. The Bertz CT molecular complexity index is 967. The topological polar surface area (TPSA) is 157 Å². The molecule has 0 aliphatic rings. The van der Waals surface area contributed by atoms with Gasteiger partial charge in [0, 0.05) is 25.2 Å². The summed E-state index contributed by atoms with van der Waals surface area (Å²) in [4.78, 5) is 32.5. The Morgan fingerprint density at radius 3 is 2.24 bits per heavy atom. The van der Waals surface area contributed by atoms with Crippen LogP contribution in [0, 0.1) is 0 Å². The largest absolute Gasteiger partial charge is 0.494 e. The maximum atomic E-state index is 13.0. The minimum absolute atomic E-state index is 0. The van der Waals surface area contributed by atoms with Crippen LogP contribution in [0.25, 0.3) is 0 Å². The van der Waals surface area contributed by atoms with E-state index in [-0.39, 0.29) is 31.6 Å². The van der Waals surface area contributed by atoms with Crippen LogP contribution < -0.4 is 16.6 Å². The number of rotatable bonds is 19. The second kappa shape index (κ2) is 18.8. The van der Waals surface area contributed by atoms with Gasteiger partial charge in [-0.2, -0.15) is 0 Å². The van der Waals surface area contributed by atoms with E-state index in [0.29, 0.717) is 25.3 Å². The first-order valence-electron chi connectivity index (χ1n) is 13.3. The van der Waals surface area contributed by atoms with Crippen molar-refractivity contribution in [3.05, 3.63) is 59.7 Å². The van der Waals surface area contributed by atoms with E-state index in [1.165, 1.54) is 44.9 Å². The van der Waals surface area contributed by atoms with Crippen LogP contribution >= 0.6 is 7.82 Å². The van der Waals surface area contributed by atoms with Gasteiger partial charge in [0.2, 0.25) is 5.91 Å². The van der Waals surface area contributed by atoms with Gasteiger partial charge in [-0.15, -0.1) is 0 Å². The summed E-state index contributed by atoms with van der Waals surface area (Å²) in [6.45, 7) is 3.03. The molecule has 0 atom stereocenters. The number of nitrogens with zero attached hydrogens (tertiary/aromatic N) is 1. The Balaban J connectivity index is 0.00000722. The molecule has 2 aromatic carbocycles. The van der Waals surface area contributed by atoms with Gasteiger partial charge in [-0.1, -0.05) is 76.1 Å². The Morgan fingerprint density at radius 1 is 0.921 bits per heavy atom. The standard InChI is InChI=1S/C28H43N2O6P.H3N/c1-2-3-4-5-6-7-8-9-20-35-27-12-10-11-24(22-27)15-18-28(31)30(19-21-36-37(32,33)34)23-25-13-16-26(29)17-14-25;/h10-14,16-17,22H,2-9,15,18-21,23,29H2,1H3,(H2,32,33,34);1H3. The summed E-state index contributed by atoms with van der Waals surface area (Å²) in [6.07, 6.45) is 10.8. The van der Waals surface area contributed by atoms with E-state index in [2.05, 4.69) is 11.4 Å². The summed E-state index contributed by atoms with van der Waals surface area (Å²) in [5.41, 5.74) is 8.24. The molecule has 0 saturated carbocycles. The second-order valence-electron chi connectivity index (χ2n) is 9.35. The van der Waals surface area contributed by atoms with Crippen LogP contribution in [0.2, 0.25) is 0 Å². The molecule has 0 saturated heterocycles. The van der Waals surface area contributed by atoms with Crippen LogP contribution in [0.5, 0.6) is 5.75 Å². The van der Waals surface area contributed by atoms with Crippen molar-refractivity contribution in [2.24, 2.45) is 0 Å². The highest BCUT2D eigenvalue weighted by Gasteiger charge is 2.18. The fourth-order valence-corrected chi connectivity index (χ4v) is 4.35. The van der Waals surface area contributed by atoms with E-state index in [0.717, 1.165) is 23.3 Å². The van der Waals surface area contributed by atoms with Crippen molar-refractivity contribution in [2.45, 2.75) is 77.7 Å². The molecule has 9 nitrogen and oxygen atoms in total. The number of unbranched alkanes of at least 4 members (excludes halogenated alkanes) is 7. The molecule has 7 N–H and O–H groups in total. The molecule has 10 heteroatoms. The van der Waals surface area contributed by atoms with Crippen LogP contribution in [-0.2, 0) is 26.8 Å². The van der Waals surface area contributed by atoms with Gasteiger partial charge in [0.05, 0.1) is 13.2 Å². The first-order chi connectivity index (χ1) is 17.8. The highest BCUT2D eigenvalue weighted by molar-refractivity contribution is 7.46. The van der Waals surface area contributed by atoms with Crippen LogP contribution in [0.1, 0.15) is 75.8 Å². The summed E-state index contributed by atoms with van der Waals surface area (Å²) in [5.74, 6) is 0.679. The molecule has 0 unspecified atom stereocenters. The molecule has 0 bridgehead atoms. The molecule has 0 aliphatic carbocycles. The molecule has 2 aromatic rings. The molecule has 0 spiro atoms. The monoisotopic (exact) mass is 551 g/mol. The Kier molecular flexibility index (Phi) is 16.6. The van der Waals surface area contributed by atoms with Crippen molar-refractivity contribution in [2.75, 3.05) is 25.5 Å². The maximum absolute atomic E-state index is 13.0. The van der Waals surface area contributed by atoms with Gasteiger partial charge in [-0.25, -0.2) is 4.57 Å². The van der Waals surface area contributed by atoms with Gasteiger partial charge < -0.3 is 31.3 Å². The molecule has 1 amide bonds. The predicted molar refractivity (Wildman–Crippen MR) is 152 cm³/mol. The molecular formula is C28H46N3O6P. The summed E-state index contributed by atoms with van der Waals surface area (Å²) >= 11 is 0. The lowest BCUT2D eigenvalue weighted by atomic mass is 10.1. The Hall–Kier alpha value is -2.42. The second-order valence-corrected chi connectivity index (χ2v) is 10.6. The molecule has 38 heavy (non-hydrogen) atoms. The minimum Gasteiger partial charge on any atom is -0.494 e. The van der Waals surface area contributed by atoms with E-state index in [4.69, 9.17) is 20.3 Å². The molecule has 2 rings (SSSR count). The van der Waals surface area contributed by atoms with Crippen LogP contribution in [0.4, 0.5) is 5.69 Å². The van der Waals surface area contributed by atoms with Crippen LogP contribution in [0.3, 0.4) is 0 Å². The molecule has 0 fully saturated rings. The molecule has 0 aliphatic heterocycles. The number of phosphoric acid groups is 1. The van der Waals surface area contributed by atoms with Crippen molar-refractivity contribution in [3.8, 4) is 5.75 Å². The average molecular weight is 552 g/mol. The van der Waals surface area contributed by atoms with Crippen molar-refractivity contribution in [1.82, 2.24) is 11.1 Å². The third-order valence-electron chi connectivity index (χ3n) is 6.12. The molecule has 0 radical (unpaired) electrons. The van der Waals surface area contributed by atoms with Gasteiger partial charge in [0.25, 0.3) is 0 Å². The van der Waals surface area contributed by atoms with E-state index in [1.54, 1.807) is 17.0 Å². The number of anilines is 1. The lowest BCUT2D eigenvalue weighted by Gasteiger charge is -2.23. The van der Waals surface area contributed by atoms with Crippen molar-refractivity contribution >= 4 is 19.4 Å². The van der Waals surface area contributed by atoms with E-state index in [9.17, 15) is 9.36 Å². The van der Waals surface area contributed by atoms with E-state index >= 15 is 0 Å². The number of amides is 1. The first-order valence-corrected chi connectivity index (χ1v) is 14.8. The number of ether oxygens (including phenoxy) is 1. The number of phosphoric ester groups is 1. The van der Waals surface area contributed by atoms with Crippen molar-refractivity contribution in [3.63, 3.8) is 0 Å². The van der Waals surface area contributed by atoms with Gasteiger partial charge in [-0.05, 0) is 48.2 Å². The molecular weight excluding hydrogens is 505 g/mol. The Morgan fingerprint density at radius 2 is 1.58 bits per heavy atom. The third kappa shape index (κ3) is 15.1. The lowest BCUT2D eigenvalue weighted by Crippen LogP contribution is -2.33. The lowest BCUT2D eigenvalue weighted by molar-refractivity contribution is -0.132. The highest BCUT2D eigenvalue weighted by Crippen LogP contribution is 2.35. The summed E-state index contributed by atoms with van der Waals surface area (Å²) in [5, 5.41) is 0. The summed E-state index contributed by atoms with van der Waals surface area (Å²) in [6, 6.07) is 15.0. The Labute approximate surface area is 227 Å². The zero-order chi connectivity index (χ0) is 26.9. The number of hydrogen-bond donors (Lipinski definition) is 4. The average Bonchev–Trinajstić information content (AvgIpc) is 2.86. The third-order valence-corrected chi connectivity index (χ3v) is 6.64. The van der Waals surface area contributed by atoms with Gasteiger partial charge >= 0.3 is 7.82 Å². The SMILES string of the molecule is CCCCCCCCCCOc1cccc(CCC(=O)N(CCOP(=O)(O)O)Cc2ccc(N)cc2)c1.N. The highest BCUT2D eigenvalue weighted by atomic mass is 31.2. The molecule has 0 aromatic heterocycles. The van der Waals surface area contributed by atoms with Crippen molar-refractivity contribution < 1.29 is 28.4 Å². The predicted octanol–water partition coefficient (Wildman–Crippen LogP) is 6.02. The van der Waals surface area contributed by atoms with Gasteiger partial charge in [-0.3, -0.25) is 9.32 Å². The number of nitrogen functional groups attached to an aromatic ring is 1. The molecule has 214 valence electrons. The fraction of sp³-hybridized carbons (Fsp3) is 0.536. The summed E-state index contributed by atoms with van der Waals surface area (Å²) < 4.78 is 21.5. The number of carbonyl (C=O) groups is 1. The number of hydrogen-bond acceptors (Lipinski definition) is 6. The zero-order valence-corrected chi connectivity index (χ0v) is 23.6. The number of nitrogens with two attached hydrogens (primary N) is 1. The van der Waals surface area contributed by atoms with Crippen LogP contribution in [-0.4, -0.2) is 40.4 Å². The number of benzene rings is 2. The van der Waals surface area contributed by atoms with Gasteiger partial charge in [0.15, 0.2) is 0 Å². The van der Waals surface area contributed by atoms with Gasteiger partial charge in [0.1, 0.15) is 5.75 Å². The smallest absolute Gasteiger partial charge is 0.469 e. The normalized spacial score (nSPS) is 11.1. The zero-order valence-electron chi connectivity index (χ0n) is 22.7. The number of aryl methyl sites for hydroxylation is 1. The van der Waals surface area contributed by atoms with E-state index in [1.807, 2.05) is 36.4 Å². The van der Waals surface area contributed by atoms with Crippen LogP contribution in [0.15, 0.2) is 48.5 Å². The maximum Gasteiger partial charge on any atom is 0.469 e.